The first-order valence-electron chi connectivity index (χ1n) is 8.82. The highest BCUT2D eigenvalue weighted by Crippen LogP contribution is 2.36. The highest BCUT2D eigenvalue weighted by Gasteiger charge is 2.48. The van der Waals surface area contributed by atoms with Crippen molar-refractivity contribution < 1.29 is 18.7 Å². The number of hydrogen-bond acceptors (Lipinski definition) is 5. The molecule has 2 saturated heterocycles. The largest absolute Gasteiger partial charge is 0.472 e. The van der Waals surface area contributed by atoms with Crippen molar-refractivity contribution >= 4 is 11.8 Å². The minimum atomic E-state index is -0.354. The number of carbonyl (C=O) groups excluding carboxylic acids is 2. The molecule has 0 bridgehead atoms. The van der Waals surface area contributed by atoms with Crippen molar-refractivity contribution in [3.8, 4) is 0 Å². The second-order valence-corrected chi connectivity index (χ2v) is 7.22. The predicted octanol–water partition coefficient (Wildman–Crippen LogP) is 1.06. The average Bonchev–Trinajstić information content (AvgIpc) is 3.13. The second-order valence-electron chi connectivity index (χ2n) is 7.22. The van der Waals surface area contributed by atoms with Crippen molar-refractivity contribution in [3.05, 3.63) is 24.2 Å². The number of rotatable bonds is 4. The third kappa shape index (κ3) is 3.57. The molecule has 138 valence electrons. The first-order chi connectivity index (χ1) is 11.9. The summed E-state index contributed by atoms with van der Waals surface area (Å²) in [6.07, 6.45) is 4.47. The summed E-state index contributed by atoms with van der Waals surface area (Å²) in [5, 5.41) is 0. The molecule has 1 atom stereocenters. The fourth-order valence-corrected chi connectivity index (χ4v) is 3.75. The van der Waals surface area contributed by atoms with E-state index in [-0.39, 0.29) is 30.1 Å². The van der Waals surface area contributed by atoms with Crippen molar-refractivity contribution in [2.24, 2.45) is 0 Å². The summed E-state index contributed by atoms with van der Waals surface area (Å²) < 4.78 is 11.0. The summed E-state index contributed by atoms with van der Waals surface area (Å²) in [4.78, 5) is 30.6. The van der Waals surface area contributed by atoms with Gasteiger partial charge in [-0.1, -0.05) is 0 Å². The van der Waals surface area contributed by atoms with Crippen molar-refractivity contribution in [3.63, 3.8) is 0 Å². The molecule has 1 spiro atoms. The fraction of sp³-hybridized carbons (Fsp3) is 0.667. The predicted molar refractivity (Wildman–Crippen MR) is 92.3 cm³/mol. The topological polar surface area (TPSA) is 66.2 Å². The maximum Gasteiger partial charge on any atom is 0.257 e. The van der Waals surface area contributed by atoms with E-state index in [1.807, 2.05) is 23.9 Å². The van der Waals surface area contributed by atoms with E-state index >= 15 is 0 Å². The van der Waals surface area contributed by atoms with Crippen molar-refractivity contribution in [2.45, 2.75) is 31.4 Å². The highest BCUT2D eigenvalue weighted by molar-refractivity contribution is 5.93. The molecule has 2 aliphatic heterocycles. The van der Waals surface area contributed by atoms with Gasteiger partial charge in [-0.05, 0) is 39.9 Å². The first-order valence-corrected chi connectivity index (χ1v) is 8.82. The van der Waals surface area contributed by atoms with Gasteiger partial charge in [0, 0.05) is 26.2 Å². The van der Waals surface area contributed by atoms with Crippen LogP contribution < -0.4 is 0 Å². The molecule has 3 heterocycles. The zero-order chi connectivity index (χ0) is 18.0. The number of ether oxygens (including phenoxy) is 1. The Morgan fingerprint density at radius 1 is 1.36 bits per heavy atom. The van der Waals surface area contributed by atoms with Gasteiger partial charge in [-0.15, -0.1) is 0 Å². The van der Waals surface area contributed by atoms with E-state index in [2.05, 4.69) is 11.8 Å². The van der Waals surface area contributed by atoms with Gasteiger partial charge >= 0.3 is 0 Å². The Kier molecular flexibility index (Phi) is 5.15. The molecule has 1 unspecified atom stereocenters. The van der Waals surface area contributed by atoms with Crippen LogP contribution in [0.4, 0.5) is 0 Å². The van der Waals surface area contributed by atoms with Crippen molar-refractivity contribution in [1.29, 1.82) is 0 Å². The third-order valence-corrected chi connectivity index (χ3v) is 5.49. The molecule has 0 radical (unpaired) electrons. The van der Waals surface area contributed by atoms with Gasteiger partial charge in [0.15, 0.2) is 0 Å². The zero-order valence-electron chi connectivity index (χ0n) is 15.2. The lowest BCUT2D eigenvalue weighted by molar-refractivity contribution is -0.185. The van der Waals surface area contributed by atoms with Crippen LogP contribution >= 0.6 is 0 Å². The fourth-order valence-electron chi connectivity index (χ4n) is 3.75. The van der Waals surface area contributed by atoms with Gasteiger partial charge in [0.25, 0.3) is 5.91 Å². The molecule has 2 amide bonds. The molecule has 2 aliphatic rings. The maximum absolute atomic E-state index is 12.5. The Balaban J connectivity index is 1.65. The maximum atomic E-state index is 12.5. The zero-order valence-corrected chi connectivity index (χ0v) is 15.2. The number of likely N-dealkylation sites (tertiary alicyclic amines) is 1. The quantitative estimate of drug-likeness (QED) is 0.813. The van der Waals surface area contributed by atoms with Gasteiger partial charge in [-0.25, -0.2) is 0 Å². The number of likely N-dealkylation sites (N-methyl/N-ethyl adjacent to an activating group) is 1. The lowest BCUT2D eigenvalue weighted by Gasteiger charge is -2.51. The number of morpholine rings is 1. The van der Waals surface area contributed by atoms with Gasteiger partial charge < -0.3 is 23.9 Å². The van der Waals surface area contributed by atoms with Crippen LogP contribution in [0.3, 0.4) is 0 Å². The highest BCUT2D eigenvalue weighted by atomic mass is 16.5. The van der Waals surface area contributed by atoms with E-state index < -0.39 is 0 Å². The van der Waals surface area contributed by atoms with Crippen LogP contribution in [0.5, 0.6) is 0 Å². The summed E-state index contributed by atoms with van der Waals surface area (Å²) in [6, 6.07) is 1.70. The summed E-state index contributed by atoms with van der Waals surface area (Å²) >= 11 is 0. The molecule has 7 nitrogen and oxygen atoms in total. The lowest BCUT2D eigenvalue weighted by atomic mass is 9.82. The molecule has 0 N–H and O–H groups in total. The molecule has 2 fully saturated rings. The number of piperidine rings is 1. The second kappa shape index (κ2) is 7.17. The summed E-state index contributed by atoms with van der Waals surface area (Å²) in [5.41, 5.74) is 0.226. The molecule has 7 heteroatoms. The number of amides is 2. The number of hydrogen-bond donors (Lipinski definition) is 0. The lowest BCUT2D eigenvalue weighted by Crippen LogP contribution is -2.64. The van der Waals surface area contributed by atoms with E-state index in [1.165, 1.54) is 12.5 Å². The third-order valence-electron chi connectivity index (χ3n) is 5.49. The molecule has 1 aromatic heterocycles. The van der Waals surface area contributed by atoms with Crippen LogP contribution in [-0.4, -0.2) is 85.0 Å². The SMILES string of the molecule is CC1N(CCN(C)C)C(=O)COC12CCN(C(=O)c1ccoc1)CC2. The van der Waals surface area contributed by atoms with Gasteiger partial charge in [0.1, 0.15) is 12.9 Å². The van der Waals surface area contributed by atoms with E-state index in [1.54, 1.807) is 6.07 Å². The van der Waals surface area contributed by atoms with Crippen LogP contribution in [0.15, 0.2) is 23.0 Å². The van der Waals surface area contributed by atoms with Crippen LogP contribution in [0.1, 0.15) is 30.1 Å². The Labute approximate surface area is 148 Å². The smallest absolute Gasteiger partial charge is 0.257 e. The molecular weight excluding hydrogens is 322 g/mol. The number of furan rings is 1. The first kappa shape index (κ1) is 17.9. The Morgan fingerprint density at radius 2 is 2.08 bits per heavy atom. The monoisotopic (exact) mass is 349 g/mol. The molecular formula is C18H27N3O4. The van der Waals surface area contributed by atoms with Crippen LogP contribution in [-0.2, 0) is 9.53 Å². The number of nitrogens with zero attached hydrogens (tertiary/aromatic N) is 3. The summed E-state index contributed by atoms with van der Waals surface area (Å²) in [5.74, 6) is 0.0458. The normalized spacial score (nSPS) is 23.5. The molecule has 3 rings (SSSR count). The summed E-state index contributed by atoms with van der Waals surface area (Å²) in [7, 11) is 4.01. The standard InChI is InChI=1S/C18H27N3O4/c1-14-18(25-13-16(22)21(14)10-9-19(2)3)5-7-20(8-6-18)17(23)15-4-11-24-12-15/h4,11-12,14H,5-10,13H2,1-3H3. The molecule has 1 aromatic rings. The summed E-state index contributed by atoms with van der Waals surface area (Å²) in [6.45, 7) is 4.99. The minimum absolute atomic E-state index is 0.00685. The Hall–Kier alpha value is -1.86. The van der Waals surface area contributed by atoms with Crippen molar-refractivity contribution in [1.82, 2.24) is 14.7 Å². The van der Waals surface area contributed by atoms with Crippen LogP contribution in [0.2, 0.25) is 0 Å². The molecule has 0 aromatic carbocycles. The Bertz CT molecular complexity index is 606. The van der Waals surface area contributed by atoms with E-state index in [9.17, 15) is 9.59 Å². The minimum Gasteiger partial charge on any atom is -0.472 e. The number of carbonyl (C=O) groups is 2. The van der Waals surface area contributed by atoms with Gasteiger partial charge in [-0.2, -0.15) is 0 Å². The van der Waals surface area contributed by atoms with E-state index in [0.717, 1.165) is 19.4 Å². The van der Waals surface area contributed by atoms with Crippen LogP contribution in [0.25, 0.3) is 0 Å². The Morgan fingerprint density at radius 3 is 2.68 bits per heavy atom. The van der Waals surface area contributed by atoms with Gasteiger partial charge in [0.2, 0.25) is 5.91 Å². The average molecular weight is 349 g/mol. The van der Waals surface area contributed by atoms with Crippen molar-refractivity contribution in [2.75, 3.05) is 46.9 Å². The molecule has 25 heavy (non-hydrogen) atoms. The van der Waals surface area contributed by atoms with Crippen LogP contribution in [0, 0.1) is 0 Å². The van der Waals surface area contributed by atoms with E-state index in [4.69, 9.17) is 9.15 Å². The van der Waals surface area contributed by atoms with Gasteiger partial charge in [-0.3, -0.25) is 9.59 Å². The van der Waals surface area contributed by atoms with E-state index in [0.29, 0.717) is 25.2 Å². The van der Waals surface area contributed by atoms with Gasteiger partial charge in [0.05, 0.1) is 23.5 Å². The molecule has 0 aliphatic carbocycles. The molecule has 0 saturated carbocycles.